The van der Waals surface area contributed by atoms with Crippen molar-refractivity contribution in [2.24, 2.45) is 34.5 Å². The van der Waals surface area contributed by atoms with E-state index in [2.05, 4.69) is 13.8 Å². The van der Waals surface area contributed by atoms with Gasteiger partial charge in [0.2, 0.25) is 0 Å². The van der Waals surface area contributed by atoms with Gasteiger partial charge in [0, 0.05) is 17.8 Å². The molecule has 1 heterocycles. The Hall–Kier alpha value is -0.900. The molecule has 1 N–H and O–H groups in total. The Morgan fingerprint density at radius 2 is 1.87 bits per heavy atom. The highest BCUT2D eigenvalue weighted by molar-refractivity contribution is 5.87. The zero-order valence-electron chi connectivity index (χ0n) is 14.2. The molecule has 0 aromatic heterocycles. The fourth-order valence-electron chi connectivity index (χ4n) is 6.51. The van der Waals surface area contributed by atoms with Gasteiger partial charge < -0.3 is 9.84 Å². The van der Waals surface area contributed by atoms with Crippen LogP contribution in [0.3, 0.4) is 0 Å². The number of carbonyl (C=O) groups excluding carboxylic acids is 2. The van der Waals surface area contributed by atoms with E-state index in [-0.39, 0.29) is 28.8 Å². The molecule has 1 saturated heterocycles. The van der Waals surface area contributed by atoms with Crippen LogP contribution in [-0.4, -0.2) is 29.6 Å². The Morgan fingerprint density at radius 3 is 2.65 bits per heavy atom. The molecule has 0 aromatic rings. The largest absolute Gasteiger partial charge is 0.465 e. The van der Waals surface area contributed by atoms with Crippen LogP contribution >= 0.6 is 0 Å². The fourth-order valence-corrected chi connectivity index (χ4v) is 6.51. The van der Waals surface area contributed by atoms with Crippen LogP contribution < -0.4 is 0 Å². The number of cyclic esters (lactones) is 1. The summed E-state index contributed by atoms with van der Waals surface area (Å²) >= 11 is 0. The van der Waals surface area contributed by atoms with Crippen LogP contribution in [0.1, 0.15) is 58.8 Å². The van der Waals surface area contributed by atoms with Crippen molar-refractivity contribution >= 4 is 11.8 Å². The highest BCUT2D eigenvalue weighted by Gasteiger charge is 2.61. The smallest absolute Gasteiger partial charge is 0.309 e. The van der Waals surface area contributed by atoms with Gasteiger partial charge in [-0.15, -0.1) is 0 Å². The molecule has 0 radical (unpaired) electrons. The molecule has 0 amide bonds. The Morgan fingerprint density at radius 1 is 1.09 bits per heavy atom. The standard InChI is InChI=1S/C19H28O4/c1-18-7-5-11(20)9-15(18)17(22)23-10-12-13-3-4-16(21)19(13,2)8-6-14(12)18/h11-15,20H,3-10H2,1-2H3/t11-,12-,13-,14-,15+,18+,19-/m0/s1. The van der Waals surface area contributed by atoms with Crippen molar-refractivity contribution in [3.63, 3.8) is 0 Å². The van der Waals surface area contributed by atoms with Crippen LogP contribution in [0.25, 0.3) is 0 Å². The Labute approximate surface area is 138 Å². The number of aliphatic hydroxyl groups is 1. The summed E-state index contributed by atoms with van der Waals surface area (Å²) in [6.45, 7) is 4.85. The van der Waals surface area contributed by atoms with Crippen molar-refractivity contribution in [2.75, 3.05) is 6.61 Å². The first-order valence-corrected chi connectivity index (χ1v) is 9.24. The molecule has 0 aromatic carbocycles. The quantitative estimate of drug-likeness (QED) is 0.697. The molecule has 0 bridgehead atoms. The third-order valence-corrected chi connectivity index (χ3v) is 8.02. The van der Waals surface area contributed by atoms with Gasteiger partial charge in [-0.1, -0.05) is 13.8 Å². The molecule has 4 nitrogen and oxygen atoms in total. The molecular weight excluding hydrogens is 292 g/mol. The number of esters is 1. The number of aliphatic hydroxyl groups excluding tert-OH is 1. The van der Waals surface area contributed by atoms with Crippen molar-refractivity contribution in [3.8, 4) is 0 Å². The maximum Gasteiger partial charge on any atom is 0.309 e. The van der Waals surface area contributed by atoms with E-state index >= 15 is 0 Å². The van der Waals surface area contributed by atoms with Gasteiger partial charge in [-0.3, -0.25) is 9.59 Å². The summed E-state index contributed by atoms with van der Waals surface area (Å²) in [5.41, 5.74) is -0.275. The second kappa shape index (κ2) is 5.05. The van der Waals surface area contributed by atoms with E-state index in [0.29, 0.717) is 43.0 Å². The summed E-state index contributed by atoms with van der Waals surface area (Å²) in [6.07, 6.45) is 5.46. The number of fused-ring (bicyclic) bond motifs is 5. The molecule has 4 fully saturated rings. The summed E-state index contributed by atoms with van der Waals surface area (Å²) in [4.78, 5) is 25.0. The molecule has 128 valence electrons. The second-order valence-electron chi connectivity index (χ2n) is 8.91. The summed E-state index contributed by atoms with van der Waals surface area (Å²) in [6, 6.07) is 0. The van der Waals surface area contributed by atoms with Crippen LogP contribution in [0, 0.1) is 34.5 Å². The minimum atomic E-state index is -0.376. The first-order valence-electron chi connectivity index (χ1n) is 9.24. The first-order chi connectivity index (χ1) is 10.9. The van der Waals surface area contributed by atoms with Crippen LogP contribution in [0.15, 0.2) is 0 Å². The molecule has 0 unspecified atom stereocenters. The molecule has 7 atom stereocenters. The average Bonchev–Trinajstić information content (AvgIpc) is 2.77. The Bertz CT molecular complexity index is 543. The minimum Gasteiger partial charge on any atom is -0.465 e. The summed E-state index contributed by atoms with van der Waals surface area (Å²) < 4.78 is 5.68. The number of rotatable bonds is 0. The summed E-state index contributed by atoms with van der Waals surface area (Å²) in [5, 5.41) is 10.0. The van der Waals surface area contributed by atoms with Crippen molar-refractivity contribution in [1.82, 2.24) is 0 Å². The molecule has 0 spiro atoms. The molecule has 4 aliphatic rings. The lowest BCUT2D eigenvalue weighted by atomic mass is 9.50. The number of ether oxygens (including phenoxy) is 1. The van der Waals surface area contributed by atoms with Gasteiger partial charge in [-0.2, -0.15) is 0 Å². The molecule has 3 saturated carbocycles. The van der Waals surface area contributed by atoms with Crippen molar-refractivity contribution in [1.29, 1.82) is 0 Å². The zero-order chi connectivity index (χ0) is 16.4. The number of carbonyl (C=O) groups is 2. The maximum atomic E-state index is 12.6. The molecular formula is C19H28O4. The Balaban J connectivity index is 1.71. The van der Waals surface area contributed by atoms with E-state index in [9.17, 15) is 14.7 Å². The third kappa shape index (κ3) is 2.06. The van der Waals surface area contributed by atoms with Crippen molar-refractivity contribution < 1.29 is 19.4 Å². The van der Waals surface area contributed by atoms with E-state index < -0.39 is 0 Å². The van der Waals surface area contributed by atoms with Gasteiger partial charge in [0.05, 0.1) is 18.6 Å². The van der Waals surface area contributed by atoms with E-state index in [4.69, 9.17) is 4.74 Å². The van der Waals surface area contributed by atoms with Crippen LogP contribution in [0.4, 0.5) is 0 Å². The number of Topliss-reactive ketones (excluding diaryl/α,β-unsaturated/α-hetero) is 1. The van der Waals surface area contributed by atoms with Gasteiger partial charge in [0.1, 0.15) is 5.78 Å². The van der Waals surface area contributed by atoms with Gasteiger partial charge >= 0.3 is 5.97 Å². The van der Waals surface area contributed by atoms with Crippen molar-refractivity contribution in [2.45, 2.75) is 64.9 Å². The number of hydrogen-bond acceptors (Lipinski definition) is 4. The van der Waals surface area contributed by atoms with E-state index in [1.807, 2.05) is 0 Å². The van der Waals surface area contributed by atoms with Crippen LogP contribution in [0.5, 0.6) is 0 Å². The van der Waals surface area contributed by atoms with E-state index in [1.165, 1.54) is 0 Å². The zero-order valence-corrected chi connectivity index (χ0v) is 14.2. The monoisotopic (exact) mass is 320 g/mol. The normalized spacial score (nSPS) is 52.9. The molecule has 3 aliphatic carbocycles. The first kappa shape index (κ1) is 15.6. The van der Waals surface area contributed by atoms with Gasteiger partial charge in [0.15, 0.2) is 0 Å². The second-order valence-corrected chi connectivity index (χ2v) is 8.91. The summed E-state index contributed by atoms with van der Waals surface area (Å²) in [7, 11) is 0. The average molecular weight is 320 g/mol. The highest BCUT2D eigenvalue weighted by Crippen LogP contribution is 2.62. The third-order valence-electron chi connectivity index (χ3n) is 8.02. The predicted molar refractivity (Wildman–Crippen MR) is 84.5 cm³/mol. The maximum absolute atomic E-state index is 12.6. The molecule has 1 aliphatic heterocycles. The highest BCUT2D eigenvalue weighted by atomic mass is 16.5. The number of hydrogen-bond donors (Lipinski definition) is 1. The van der Waals surface area contributed by atoms with Crippen molar-refractivity contribution in [3.05, 3.63) is 0 Å². The SMILES string of the molecule is C[C@]12CC[C@H](O)C[C@@H]1C(=O)OC[C@@H]1[C@@H]2CC[C@]2(C)C(=O)CC[C@@H]12. The van der Waals surface area contributed by atoms with E-state index in [0.717, 1.165) is 32.1 Å². The lowest BCUT2D eigenvalue weighted by Gasteiger charge is -2.53. The fraction of sp³-hybridized carbons (Fsp3) is 0.895. The van der Waals surface area contributed by atoms with Crippen LogP contribution in [0.2, 0.25) is 0 Å². The summed E-state index contributed by atoms with van der Waals surface area (Å²) in [5.74, 6) is 1.24. The van der Waals surface area contributed by atoms with Gasteiger partial charge in [0.25, 0.3) is 0 Å². The predicted octanol–water partition coefficient (Wildman–Crippen LogP) is 2.72. The Kier molecular flexibility index (Phi) is 3.43. The molecule has 4 rings (SSSR count). The van der Waals surface area contributed by atoms with Crippen LogP contribution in [-0.2, 0) is 14.3 Å². The lowest BCUT2D eigenvalue weighted by molar-refractivity contribution is -0.155. The van der Waals surface area contributed by atoms with Gasteiger partial charge in [-0.25, -0.2) is 0 Å². The van der Waals surface area contributed by atoms with Gasteiger partial charge in [-0.05, 0) is 55.8 Å². The minimum absolute atomic E-state index is 0.0789. The lowest BCUT2D eigenvalue weighted by Crippen LogP contribution is -2.51. The molecule has 23 heavy (non-hydrogen) atoms. The van der Waals surface area contributed by atoms with E-state index in [1.54, 1.807) is 0 Å². The molecule has 4 heteroatoms. The number of ketones is 1. The topological polar surface area (TPSA) is 63.6 Å².